The molecule has 17 heavy (non-hydrogen) atoms. The topological polar surface area (TPSA) is 20.2 Å². The van der Waals surface area contributed by atoms with Crippen molar-refractivity contribution in [1.82, 2.24) is 0 Å². The summed E-state index contributed by atoms with van der Waals surface area (Å²) in [5.74, 6) is 0.610. The maximum atomic E-state index is 8.92. The molecular formula is C16H26O. The van der Waals surface area contributed by atoms with Crippen molar-refractivity contribution in [1.29, 1.82) is 0 Å². The van der Waals surface area contributed by atoms with Crippen LogP contribution < -0.4 is 0 Å². The zero-order valence-corrected chi connectivity index (χ0v) is 11.7. The molecule has 0 radical (unpaired) electrons. The summed E-state index contributed by atoms with van der Waals surface area (Å²) in [5, 5.41) is 8.92. The van der Waals surface area contributed by atoms with E-state index < -0.39 is 0 Å². The highest BCUT2D eigenvalue weighted by Gasteiger charge is 2.18. The van der Waals surface area contributed by atoms with E-state index in [0.717, 1.165) is 0 Å². The monoisotopic (exact) mass is 234 g/mol. The van der Waals surface area contributed by atoms with Crippen LogP contribution in [0.3, 0.4) is 0 Å². The second-order valence-electron chi connectivity index (χ2n) is 5.18. The van der Waals surface area contributed by atoms with Gasteiger partial charge in [0.15, 0.2) is 0 Å². The largest absolute Gasteiger partial charge is 0.392 e. The average Bonchev–Trinajstić information content (AvgIpc) is 2.28. The molecule has 1 rings (SSSR count). The van der Waals surface area contributed by atoms with Gasteiger partial charge in [-0.05, 0) is 49.7 Å². The first-order valence-electron chi connectivity index (χ1n) is 6.80. The van der Waals surface area contributed by atoms with Gasteiger partial charge in [0.1, 0.15) is 0 Å². The Morgan fingerprint density at radius 2 is 2.06 bits per heavy atom. The van der Waals surface area contributed by atoms with E-state index >= 15 is 0 Å². The van der Waals surface area contributed by atoms with Gasteiger partial charge in [-0.2, -0.15) is 0 Å². The lowest BCUT2D eigenvalue weighted by Crippen LogP contribution is -2.08. The van der Waals surface area contributed by atoms with E-state index in [1.54, 1.807) is 11.1 Å². The number of allylic oxidation sites excluding steroid dienone is 5. The molecule has 0 aromatic carbocycles. The zero-order valence-electron chi connectivity index (χ0n) is 11.7. The van der Waals surface area contributed by atoms with Gasteiger partial charge >= 0.3 is 0 Å². The molecule has 0 saturated carbocycles. The minimum atomic E-state index is 0.136. The maximum Gasteiger partial charge on any atom is 0.0617 e. The molecule has 1 aliphatic rings. The molecule has 0 aromatic heterocycles. The Labute approximate surface area is 106 Å². The molecule has 1 aliphatic carbocycles. The van der Waals surface area contributed by atoms with Crippen LogP contribution in [0.15, 0.2) is 34.4 Å². The summed E-state index contributed by atoms with van der Waals surface area (Å²) >= 11 is 0. The lowest BCUT2D eigenvalue weighted by molar-refractivity contribution is 0.342. The highest BCUT2D eigenvalue weighted by Crippen LogP contribution is 2.36. The van der Waals surface area contributed by atoms with Gasteiger partial charge in [0.05, 0.1) is 6.61 Å². The third-order valence-electron chi connectivity index (χ3n) is 3.47. The van der Waals surface area contributed by atoms with Crippen LogP contribution in [0.5, 0.6) is 0 Å². The molecule has 1 nitrogen and oxygen atoms in total. The summed E-state index contributed by atoms with van der Waals surface area (Å²) in [6.07, 6.45) is 9.05. The molecule has 0 aliphatic heterocycles. The fraction of sp³-hybridized carbons (Fsp3) is 0.625. The normalized spacial score (nSPS) is 20.6. The van der Waals surface area contributed by atoms with E-state index in [1.807, 2.05) is 6.08 Å². The Balaban J connectivity index is 3.09. The molecule has 0 unspecified atom stereocenters. The van der Waals surface area contributed by atoms with Crippen molar-refractivity contribution < 1.29 is 5.11 Å². The third kappa shape index (κ3) is 3.85. The van der Waals surface area contributed by atoms with Gasteiger partial charge in [-0.3, -0.25) is 0 Å². The summed E-state index contributed by atoms with van der Waals surface area (Å²) in [6, 6.07) is 0. The lowest BCUT2D eigenvalue weighted by atomic mass is 9.80. The zero-order chi connectivity index (χ0) is 12.8. The molecule has 0 aromatic rings. The fourth-order valence-electron chi connectivity index (χ4n) is 2.76. The molecule has 0 fully saturated rings. The summed E-state index contributed by atoms with van der Waals surface area (Å²) in [6.45, 7) is 9.04. The first-order chi connectivity index (χ1) is 8.10. The number of hydrogen-bond donors (Lipinski definition) is 1. The second kappa shape index (κ2) is 6.80. The van der Waals surface area contributed by atoms with Gasteiger partial charge in [0, 0.05) is 0 Å². The number of aliphatic hydroxyl groups is 1. The molecule has 0 heterocycles. The van der Waals surface area contributed by atoms with Gasteiger partial charge < -0.3 is 5.11 Å². The summed E-state index contributed by atoms with van der Waals surface area (Å²) in [5.41, 5.74) is 5.88. The van der Waals surface area contributed by atoms with E-state index in [9.17, 15) is 0 Å². The fourth-order valence-corrected chi connectivity index (χ4v) is 2.76. The van der Waals surface area contributed by atoms with Crippen molar-refractivity contribution in [3.8, 4) is 0 Å². The van der Waals surface area contributed by atoms with E-state index in [1.165, 1.54) is 36.8 Å². The molecule has 0 spiro atoms. The molecule has 0 amide bonds. The van der Waals surface area contributed by atoms with Crippen molar-refractivity contribution in [3.63, 3.8) is 0 Å². The number of aliphatic hydroxyl groups excluding tert-OH is 1. The van der Waals surface area contributed by atoms with Crippen LogP contribution in [-0.2, 0) is 0 Å². The van der Waals surface area contributed by atoms with Crippen LogP contribution in [0.25, 0.3) is 0 Å². The van der Waals surface area contributed by atoms with Crippen LogP contribution >= 0.6 is 0 Å². The predicted octanol–water partition coefficient (Wildman–Crippen LogP) is 4.40. The number of rotatable bonds is 4. The van der Waals surface area contributed by atoms with Gasteiger partial charge in [0.25, 0.3) is 0 Å². The standard InChI is InChI=1S/C16H26O/c1-5-14-7-6-8-15(16(14)12(2)3)11-13(4)9-10-17/h9,11-12,17H,5-8,10H2,1-4H3/b13-9-,15-11+. The van der Waals surface area contributed by atoms with Crippen LogP contribution in [0.2, 0.25) is 0 Å². The smallest absolute Gasteiger partial charge is 0.0617 e. The quantitative estimate of drug-likeness (QED) is 0.764. The minimum absolute atomic E-state index is 0.136. The minimum Gasteiger partial charge on any atom is -0.392 e. The summed E-state index contributed by atoms with van der Waals surface area (Å²) in [4.78, 5) is 0. The van der Waals surface area contributed by atoms with E-state index in [2.05, 4.69) is 33.8 Å². The molecular weight excluding hydrogens is 208 g/mol. The van der Waals surface area contributed by atoms with Gasteiger partial charge in [-0.15, -0.1) is 0 Å². The van der Waals surface area contributed by atoms with Crippen LogP contribution in [0.1, 0.15) is 53.4 Å². The van der Waals surface area contributed by atoms with Crippen molar-refractivity contribution in [2.75, 3.05) is 6.61 Å². The average molecular weight is 234 g/mol. The second-order valence-corrected chi connectivity index (χ2v) is 5.18. The molecule has 96 valence electrons. The van der Waals surface area contributed by atoms with E-state index in [0.29, 0.717) is 5.92 Å². The highest BCUT2D eigenvalue weighted by molar-refractivity contribution is 5.42. The SMILES string of the molecule is CCC1=C(C(C)C)/C(=C/C(C)=C\CO)CCC1. The highest BCUT2D eigenvalue weighted by atomic mass is 16.2. The van der Waals surface area contributed by atoms with Gasteiger partial charge in [0.2, 0.25) is 0 Å². The number of hydrogen-bond acceptors (Lipinski definition) is 1. The van der Waals surface area contributed by atoms with Crippen molar-refractivity contribution >= 4 is 0 Å². The van der Waals surface area contributed by atoms with Gasteiger partial charge in [-0.1, -0.05) is 44.1 Å². The van der Waals surface area contributed by atoms with Crippen molar-refractivity contribution in [3.05, 3.63) is 34.4 Å². The molecule has 0 saturated heterocycles. The van der Waals surface area contributed by atoms with E-state index in [4.69, 9.17) is 5.11 Å². The van der Waals surface area contributed by atoms with Crippen molar-refractivity contribution in [2.45, 2.75) is 53.4 Å². The van der Waals surface area contributed by atoms with E-state index in [-0.39, 0.29) is 6.61 Å². The molecule has 0 bridgehead atoms. The maximum absolute atomic E-state index is 8.92. The van der Waals surface area contributed by atoms with Crippen LogP contribution in [0.4, 0.5) is 0 Å². The molecule has 0 atom stereocenters. The Hall–Kier alpha value is -0.820. The molecule has 1 heteroatoms. The predicted molar refractivity (Wildman–Crippen MR) is 74.9 cm³/mol. The first-order valence-corrected chi connectivity index (χ1v) is 6.80. The lowest BCUT2D eigenvalue weighted by Gasteiger charge is -2.26. The summed E-state index contributed by atoms with van der Waals surface area (Å²) < 4.78 is 0. The van der Waals surface area contributed by atoms with Gasteiger partial charge in [-0.25, -0.2) is 0 Å². The Bertz CT molecular complexity index is 343. The Morgan fingerprint density at radius 1 is 1.35 bits per heavy atom. The van der Waals surface area contributed by atoms with Crippen LogP contribution in [-0.4, -0.2) is 11.7 Å². The Kier molecular flexibility index (Phi) is 5.70. The summed E-state index contributed by atoms with van der Waals surface area (Å²) in [7, 11) is 0. The molecule has 1 N–H and O–H groups in total. The Morgan fingerprint density at radius 3 is 2.59 bits per heavy atom. The van der Waals surface area contributed by atoms with Crippen molar-refractivity contribution in [2.24, 2.45) is 5.92 Å². The van der Waals surface area contributed by atoms with Crippen LogP contribution in [0, 0.1) is 5.92 Å². The first kappa shape index (κ1) is 14.2. The third-order valence-corrected chi connectivity index (χ3v) is 3.47.